The molecule has 0 aliphatic heterocycles. The van der Waals surface area contributed by atoms with Gasteiger partial charge in [0.1, 0.15) is 0 Å². The maximum atomic E-state index is 11.0. The lowest BCUT2D eigenvalue weighted by molar-refractivity contribution is 0.0690. The van der Waals surface area contributed by atoms with E-state index in [-0.39, 0.29) is 5.69 Å². The maximum Gasteiger partial charge on any atom is 0.354 e. The highest BCUT2D eigenvalue weighted by Gasteiger charge is 2.12. The summed E-state index contributed by atoms with van der Waals surface area (Å²) >= 11 is 3.42. The number of nitrogens with zero attached hydrogens (tertiary/aromatic N) is 3. The smallest absolute Gasteiger partial charge is 0.354 e. The number of carbonyl (C=O) groups is 1. The lowest BCUT2D eigenvalue weighted by Crippen LogP contribution is -2.20. The minimum atomic E-state index is -1.05. The molecule has 0 amide bonds. The first kappa shape index (κ1) is 14.5. The maximum absolute atomic E-state index is 11.0. The predicted octanol–water partition coefficient (Wildman–Crippen LogP) is 2.88. The Morgan fingerprint density at radius 3 is 2.75 bits per heavy atom. The minimum Gasteiger partial charge on any atom is -0.477 e. The van der Waals surface area contributed by atoms with Crippen molar-refractivity contribution in [3.63, 3.8) is 0 Å². The van der Waals surface area contributed by atoms with Gasteiger partial charge < -0.3 is 10.0 Å². The van der Waals surface area contributed by atoms with Crippen molar-refractivity contribution in [1.82, 2.24) is 9.97 Å². The molecule has 0 saturated carbocycles. The molecule has 0 unspecified atom stereocenters. The summed E-state index contributed by atoms with van der Waals surface area (Å²) in [6, 6.07) is 9.36. The molecule has 0 fully saturated rings. The van der Waals surface area contributed by atoms with Crippen molar-refractivity contribution in [2.75, 3.05) is 11.9 Å². The molecule has 1 aromatic heterocycles. The van der Waals surface area contributed by atoms with E-state index in [9.17, 15) is 4.79 Å². The Balaban J connectivity index is 2.25. The topological polar surface area (TPSA) is 66.3 Å². The van der Waals surface area contributed by atoms with Crippen molar-refractivity contribution >= 4 is 27.8 Å². The number of halogens is 1. The van der Waals surface area contributed by atoms with Crippen LogP contribution in [-0.2, 0) is 6.54 Å². The Morgan fingerprint density at radius 2 is 2.10 bits per heavy atom. The van der Waals surface area contributed by atoms with E-state index in [4.69, 9.17) is 5.11 Å². The third kappa shape index (κ3) is 3.54. The molecule has 104 valence electrons. The summed E-state index contributed by atoms with van der Waals surface area (Å²) in [7, 11) is 1.83. The average molecular weight is 336 g/mol. The Bertz CT molecular complexity index is 646. The minimum absolute atomic E-state index is 0.00796. The number of carboxylic acid groups (broad SMARTS) is 1. The Morgan fingerprint density at radius 1 is 1.35 bits per heavy atom. The molecule has 1 N–H and O–H groups in total. The van der Waals surface area contributed by atoms with Gasteiger partial charge in [0.05, 0.1) is 0 Å². The standard InChI is InChI=1S/C14H14BrN3O2/c1-9-6-12(13(19)20)17-14(16-9)18(2)8-10-4-3-5-11(15)7-10/h3-7H,8H2,1-2H3,(H,19,20). The van der Waals surface area contributed by atoms with Crippen molar-refractivity contribution in [1.29, 1.82) is 0 Å². The molecular formula is C14H14BrN3O2. The van der Waals surface area contributed by atoms with Crippen molar-refractivity contribution < 1.29 is 9.90 Å². The fourth-order valence-electron chi connectivity index (χ4n) is 1.81. The molecule has 1 heterocycles. The molecule has 20 heavy (non-hydrogen) atoms. The lowest BCUT2D eigenvalue weighted by Gasteiger charge is -2.18. The van der Waals surface area contributed by atoms with E-state index in [2.05, 4.69) is 25.9 Å². The second-order valence-corrected chi connectivity index (χ2v) is 5.40. The number of hydrogen-bond acceptors (Lipinski definition) is 4. The number of rotatable bonds is 4. The quantitative estimate of drug-likeness (QED) is 0.930. The number of hydrogen-bond donors (Lipinski definition) is 1. The summed E-state index contributed by atoms with van der Waals surface area (Å²) in [5, 5.41) is 9.03. The summed E-state index contributed by atoms with van der Waals surface area (Å²) in [6.45, 7) is 2.35. The first-order chi connectivity index (χ1) is 9.45. The van der Waals surface area contributed by atoms with Gasteiger partial charge in [-0.25, -0.2) is 14.8 Å². The van der Waals surface area contributed by atoms with E-state index in [1.807, 2.05) is 36.2 Å². The van der Waals surface area contributed by atoms with Crippen LogP contribution in [0.25, 0.3) is 0 Å². The second-order valence-electron chi connectivity index (χ2n) is 4.49. The highest BCUT2D eigenvalue weighted by Crippen LogP contribution is 2.16. The zero-order chi connectivity index (χ0) is 14.7. The highest BCUT2D eigenvalue weighted by atomic mass is 79.9. The summed E-state index contributed by atoms with van der Waals surface area (Å²) in [4.78, 5) is 21.2. The molecule has 0 spiro atoms. The molecule has 0 saturated heterocycles. The first-order valence-corrected chi connectivity index (χ1v) is 6.79. The van der Waals surface area contributed by atoms with E-state index in [0.717, 1.165) is 10.0 Å². The number of anilines is 1. The second kappa shape index (κ2) is 6.00. The average Bonchev–Trinajstić information content (AvgIpc) is 2.37. The molecule has 0 aliphatic carbocycles. The van der Waals surface area contributed by atoms with Crippen LogP contribution in [0, 0.1) is 6.92 Å². The van der Waals surface area contributed by atoms with Crippen LogP contribution in [0.15, 0.2) is 34.8 Å². The molecule has 2 rings (SSSR count). The molecule has 5 nitrogen and oxygen atoms in total. The van der Waals surface area contributed by atoms with Gasteiger partial charge in [-0.15, -0.1) is 0 Å². The third-order valence-electron chi connectivity index (χ3n) is 2.71. The number of aromatic nitrogens is 2. The van der Waals surface area contributed by atoms with Crippen LogP contribution < -0.4 is 4.90 Å². The molecule has 6 heteroatoms. The van der Waals surface area contributed by atoms with Gasteiger partial charge in [-0.05, 0) is 30.7 Å². The Hall–Kier alpha value is -1.95. The van der Waals surface area contributed by atoms with Gasteiger partial charge in [0.2, 0.25) is 5.95 Å². The largest absolute Gasteiger partial charge is 0.477 e. The van der Waals surface area contributed by atoms with E-state index >= 15 is 0 Å². The van der Waals surface area contributed by atoms with Crippen LogP contribution in [0.4, 0.5) is 5.95 Å². The molecule has 0 atom stereocenters. The van der Waals surface area contributed by atoms with Crippen LogP contribution >= 0.6 is 15.9 Å². The summed E-state index contributed by atoms with van der Waals surface area (Å²) in [5.41, 5.74) is 1.73. The predicted molar refractivity (Wildman–Crippen MR) is 80.0 cm³/mol. The van der Waals surface area contributed by atoms with Gasteiger partial charge in [0.25, 0.3) is 0 Å². The van der Waals surface area contributed by atoms with Gasteiger partial charge in [-0.3, -0.25) is 0 Å². The zero-order valence-electron chi connectivity index (χ0n) is 11.2. The number of aryl methyl sites for hydroxylation is 1. The molecule has 0 aliphatic rings. The summed E-state index contributed by atoms with van der Waals surface area (Å²) < 4.78 is 1.000. The van der Waals surface area contributed by atoms with E-state index in [0.29, 0.717) is 18.2 Å². The normalized spacial score (nSPS) is 10.3. The number of carboxylic acids is 1. The van der Waals surface area contributed by atoms with Crippen LogP contribution in [0.2, 0.25) is 0 Å². The fourth-order valence-corrected chi connectivity index (χ4v) is 2.26. The van der Waals surface area contributed by atoms with Gasteiger partial charge in [-0.2, -0.15) is 0 Å². The zero-order valence-corrected chi connectivity index (χ0v) is 12.8. The molecule has 2 aromatic rings. The van der Waals surface area contributed by atoms with Crippen molar-refractivity contribution in [3.05, 3.63) is 51.8 Å². The van der Waals surface area contributed by atoms with Crippen LogP contribution in [0.1, 0.15) is 21.7 Å². The van der Waals surface area contributed by atoms with E-state index in [1.165, 1.54) is 6.07 Å². The van der Waals surface area contributed by atoms with Crippen LogP contribution in [-0.4, -0.2) is 28.1 Å². The highest BCUT2D eigenvalue weighted by molar-refractivity contribution is 9.10. The van der Waals surface area contributed by atoms with Crippen molar-refractivity contribution in [2.45, 2.75) is 13.5 Å². The molecule has 0 radical (unpaired) electrons. The van der Waals surface area contributed by atoms with Crippen molar-refractivity contribution in [2.24, 2.45) is 0 Å². The molecular weight excluding hydrogens is 322 g/mol. The monoisotopic (exact) mass is 335 g/mol. The lowest BCUT2D eigenvalue weighted by atomic mass is 10.2. The Kier molecular flexibility index (Phi) is 4.34. The van der Waals surface area contributed by atoms with Gasteiger partial charge in [0, 0.05) is 23.8 Å². The first-order valence-electron chi connectivity index (χ1n) is 6.00. The van der Waals surface area contributed by atoms with Gasteiger partial charge in [-0.1, -0.05) is 28.1 Å². The van der Waals surface area contributed by atoms with Gasteiger partial charge in [0.15, 0.2) is 5.69 Å². The van der Waals surface area contributed by atoms with Gasteiger partial charge >= 0.3 is 5.97 Å². The Labute approximate surface area is 125 Å². The number of aromatic carboxylic acids is 1. The van der Waals surface area contributed by atoms with Crippen LogP contribution in [0.3, 0.4) is 0 Å². The third-order valence-corrected chi connectivity index (χ3v) is 3.20. The summed E-state index contributed by atoms with van der Waals surface area (Å²) in [5.74, 6) is -0.644. The van der Waals surface area contributed by atoms with E-state index < -0.39 is 5.97 Å². The number of benzene rings is 1. The van der Waals surface area contributed by atoms with Crippen LogP contribution in [0.5, 0.6) is 0 Å². The fraction of sp³-hybridized carbons (Fsp3) is 0.214. The van der Waals surface area contributed by atoms with Crippen molar-refractivity contribution in [3.8, 4) is 0 Å². The SMILES string of the molecule is Cc1cc(C(=O)O)nc(N(C)Cc2cccc(Br)c2)n1. The van der Waals surface area contributed by atoms with E-state index in [1.54, 1.807) is 6.92 Å². The summed E-state index contributed by atoms with van der Waals surface area (Å²) in [6.07, 6.45) is 0. The molecule has 1 aromatic carbocycles. The molecule has 0 bridgehead atoms.